The lowest BCUT2D eigenvalue weighted by Crippen LogP contribution is -2.55. The fraction of sp³-hybridized carbons (Fsp3) is 0.667. The van der Waals surface area contributed by atoms with Crippen molar-refractivity contribution in [1.29, 1.82) is 0 Å². The zero-order valence-electron chi connectivity index (χ0n) is 9.97. The van der Waals surface area contributed by atoms with Crippen molar-refractivity contribution < 1.29 is 9.52 Å². The largest absolute Gasteiger partial charge is 0.472 e. The number of nitrogens with zero attached hydrogens (tertiary/aromatic N) is 2. The SMILES string of the molecule is CN1CCN(C)C(C(O)Cc2ccoc2)C1. The Balaban J connectivity index is 1.94. The minimum atomic E-state index is -0.328. The fourth-order valence-electron chi connectivity index (χ4n) is 2.25. The van der Waals surface area contributed by atoms with Gasteiger partial charge in [-0.3, -0.25) is 4.90 Å². The Bertz CT molecular complexity index is 313. The van der Waals surface area contributed by atoms with E-state index in [0.29, 0.717) is 6.42 Å². The number of aliphatic hydroxyl groups excluding tert-OH is 1. The van der Waals surface area contributed by atoms with E-state index in [9.17, 15) is 5.11 Å². The van der Waals surface area contributed by atoms with Crippen LogP contribution in [0.1, 0.15) is 5.56 Å². The molecule has 0 bridgehead atoms. The summed E-state index contributed by atoms with van der Waals surface area (Å²) in [5.74, 6) is 0. The summed E-state index contributed by atoms with van der Waals surface area (Å²) in [6, 6.07) is 2.13. The van der Waals surface area contributed by atoms with E-state index < -0.39 is 0 Å². The van der Waals surface area contributed by atoms with Gasteiger partial charge >= 0.3 is 0 Å². The highest BCUT2D eigenvalue weighted by Gasteiger charge is 2.28. The summed E-state index contributed by atoms with van der Waals surface area (Å²) < 4.78 is 5.02. The molecule has 2 atom stereocenters. The van der Waals surface area contributed by atoms with E-state index in [2.05, 4.69) is 23.9 Å². The topological polar surface area (TPSA) is 39.9 Å². The second kappa shape index (κ2) is 4.99. The number of hydrogen-bond acceptors (Lipinski definition) is 4. The average molecular weight is 224 g/mol. The minimum Gasteiger partial charge on any atom is -0.472 e. The van der Waals surface area contributed by atoms with E-state index in [-0.39, 0.29) is 12.1 Å². The molecule has 16 heavy (non-hydrogen) atoms. The molecule has 0 aliphatic carbocycles. The van der Waals surface area contributed by atoms with Crippen molar-refractivity contribution in [3.05, 3.63) is 24.2 Å². The number of rotatable bonds is 3. The van der Waals surface area contributed by atoms with E-state index in [1.54, 1.807) is 12.5 Å². The Morgan fingerprint density at radius 2 is 2.31 bits per heavy atom. The van der Waals surface area contributed by atoms with Gasteiger partial charge in [0.2, 0.25) is 0 Å². The minimum absolute atomic E-state index is 0.216. The maximum absolute atomic E-state index is 10.2. The van der Waals surface area contributed by atoms with E-state index in [4.69, 9.17) is 4.42 Å². The molecule has 1 saturated heterocycles. The van der Waals surface area contributed by atoms with Gasteiger partial charge in [-0.2, -0.15) is 0 Å². The number of piperazine rings is 1. The summed E-state index contributed by atoms with van der Waals surface area (Å²) in [6.45, 7) is 3.02. The second-order valence-electron chi connectivity index (χ2n) is 4.71. The lowest BCUT2D eigenvalue weighted by Gasteiger charge is -2.40. The van der Waals surface area contributed by atoms with Crippen LogP contribution in [-0.4, -0.2) is 60.8 Å². The van der Waals surface area contributed by atoms with Crippen LogP contribution >= 0.6 is 0 Å². The summed E-state index contributed by atoms with van der Waals surface area (Å²) in [5, 5.41) is 10.2. The maximum atomic E-state index is 10.2. The highest BCUT2D eigenvalue weighted by Crippen LogP contribution is 2.14. The fourth-order valence-corrected chi connectivity index (χ4v) is 2.25. The monoisotopic (exact) mass is 224 g/mol. The van der Waals surface area contributed by atoms with Crippen molar-refractivity contribution in [2.24, 2.45) is 0 Å². The van der Waals surface area contributed by atoms with Crippen LogP contribution in [0.3, 0.4) is 0 Å². The Hall–Kier alpha value is -0.840. The van der Waals surface area contributed by atoms with Crippen molar-refractivity contribution >= 4 is 0 Å². The van der Waals surface area contributed by atoms with E-state index in [1.807, 2.05) is 6.07 Å². The lowest BCUT2D eigenvalue weighted by molar-refractivity contribution is 0.0152. The van der Waals surface area contributed by atoms with Gasteiger partial charge in [-0.15, -0.1) is 0 Å². The van der Waals surface area contributed by atoms with Gasteiger partial charge < -0.3 is 14.4 Å². The van der Waals surface area contributed by atoms with Gasteiger partial charge in [-0.1, -0.05) is 0 Å². The molecular formula is C12H20N2O2. The lowest BCUT2D eigenvalue weighted by atomic mass is 10.0. The molecule has 4 nitrogen and oxygen atoms in total. The summed E-state index contributed by atoms with van der Waals surface area (Å²) in [6.07, 6.45) is 3.69. The van der Waals surface area contributed by atoms with Crippen LogP contribution in [-0.2, 0) is 6.42 Å². The summed E-state index contributed by atoms with van der Waals surface area (Å²) in [4.78, 5) is 4.51. The van der Waals surface area contributed by atoms with Gasteiger partial charge in [-0.25, -0.2) is 0 Å². The van der Waals surface area contributed by atoms with Gasteiger partial charge in [0.25, 0.3) is 0 Å². The molecule has 0 saturated carbocycles. The van der Waals surface area contributed by atoms with Gasteiger partial charge in [0.15, 0.2) is 0 Å². The standard InChI is InChI=1S/C12H20N2O2/c1-13-4-5-14(2)11(8-13)12(15)7-10-3-6-16-9-10/h3,6,9,11-12,15H,4-5,7-8H2,1-2H3. The molecule has 2 heterocycles. The molecule has 2 unspecified atom stereocenters. The second-order valence-corrected chi connectivity index (χ2v) is 4.71. The summed E-state index contributed by atoms with van der Waals surface area (Å²) in [5.41, 5.74) is 1.06. The normalized spacial score (nSPS) is 25.8. The van der Waals surface area contributed by atoms with Crippen LogP contribution in [0, 0.1) is 0 Å². The molecule has 1 aromatic heterocycles. The van der Waals surface area contributed by atoms with Crippen LogP contribution in [0.4, 0.5) is 0 Å². The molecule has 1 fully saturated rings. The first kappa shape index (κ1) is 11.6. The molecule has 0 aromatic carbocycles. The Labute approximate surface area is 96.5 Å². The predicted molar refractivity (Wildman–Crippen MR) is 62.3 cm³/mol. The van der Waals surface area contributed by atoms with Gasteiger partial charge in [0.05, 0.1) is 18.6 Å². The Kier molecular flexibility index (Phi) is 3.63. The van der Waals surface area contributed by atoms with E-state index in [1.165, 1.54) is 0 Å². The van der Waals surface area contributed by atoms with Crippen molar-refractivity contribution in [3.63, 3.8) is 0 Å². The Morgan fingerprint density at radius 1 is 1.50 bits per heavy atom. The molecule has 1 aliphatic heterocycles. The molecule has 0 spiro atoms. The third kappa shape index (κ3) is 2.64. The van der Waals surface area contributed by atoms with Crippen LogP contribution in [0.5, 0.6) is 0 Å². The number of aliphatic hydroxyl groups is 1. The third-order valence-corrected chi connectivity index (χ3v) is 3.37. The zero-order valence-corrected chi connectivity index (χ0v) is 9.97. The highest BCUT2D eigenvalue weighted by molar-refractivity contribution is 5.08. The molecule has 0 amide bonds. The van der Waals surface area contributed by atoms with E-state index in [0.717, 1.165) is 25.2 Å². The van der Waals surface area contributed by atoms with Gasteiger partial charge in [-0.05, 0) is 25.7 Å². The molecular weight excluding hydrogens is 204 g/mol. The predicted octanol–water partition coefficient (Wildman–Crippen LogP) is 0.429. The number of hydrogen-bond donors (Lipinski definition) is 1. The van der Waals surface area contributed by atoms with Crippen molar-refractivity contribution in [1.82, 2.24) is 9.80 Å². The van der Waals surface area contributed by atoms with Crippen molar-refractivity contribution in [2.75, 3.05) is 33.7 Å². The van der Waals surface area contributed by atoms with Crippen molar-refractivity contribution in [2.45, 2.75) is 18.6 Å². The first-order valence-corrected chi connectivity index (χ1v) is 5.74. The quantitative estimate of drug-likeness (QED) is 0.808. The summed E-state index contributed by atoms with van der Waals surface area (Å²) >= 11 is 0. The molecule has 1 aliphatic rings. The van der Waals surface area contributed by atoms with Crippen LogP contribution < -0.4 is 0 Å². The van der Waals surface area contributed by atoms with Gasteiger partial charge in [0, 0.05) is 32.1 Å². The molecule has 1 N–H and O–H groups in total. The van der Waals surface area contributed by atoms with Crippen LogP contribution in [0.2, 0.25) is 0 Å². The molecule has 0 radical (unpaired) electrons. The third-order valence-electron chi connectivity index (χ3n) is 3.37. The first-order valence-electron chi connectivity index (χ1n) is 5.74. The average Bonchev–Trinajstić information content (AvgIpc) is 2.74. The molecule has 90 valence electrons. The number of likely N-dealkylation sites (N-methyl/N-ethyl adjacent to an activating group) is 2. The Morgan fingerprint density at radius 3 is 3.00 bits per heavy atom. The van der Waals surface area contributed by atoms with Crippen molar-refractivity contribution in [3.8, 4) is 0 Å². The number of furan rings is 1. The van der Waals surface area contributed by atoms with Gasteiger partial charge in [0.1, 0.15) is 0 Å². The van der Waals surface area contributed by atoms with E-state index >= 15 is 0 Å². The zero-order chi connectivity index (χ0) is 11.5. The van der Waals surface area contributed by atoms with Crippen LogP contribution in [0.25, 0.3) is 0 Å². The maximum Gasteiger partial charge on any atom is 0.0935 e. The first-order chi connectivity index (χ1) is 7.66. The van der Waals surface area contributed by atoms with Crippen LogP contribution in [0.15, 0.2) is 23.0 Å². The molecule has 1 aromatic rings. The highest BCUT2D eigenvalue weighted by atomic mass is 16.3. The smallest absolute Gasteiger partial charge is 0.0935 e. The summed E-state index contributed by atoms with van der Waals surface area (Å²) in [7, 11) is 4.18. The molecule has 4 heteroatoms. The molecule has 2 rings (SSSR count).